The molecule has 1 fully saturated rings. The molecule has 1 aromatic heterocycles. The molecule has 18 heavy (non-hydrogen) atoms. The van der Waals surface area contributed by atoms with Crippen LogP contribution in [0.1, 0.15) is 30.0 Å². The van der Waals surface area contributed by atoms with Crippen LogP contribution in [0.15, 0.2) is 11.0 Å². The maximum Gasteiger partial charge on any atom is 0.241 e. The van der Waals surface area contributed by atoms with Crippen molar-refractivity contribution >= 4 is 21.4 Å². The van der Waals surface area contributed by atoms with Gasteiger partial charge in [-0.3, -0.25) is 0 Å². The van der Waals surface area contributed by atoms with Crippen LogP contribution in [-0.4, -0.2) is 20.1 Å². The van der Waals surface area contributed by atoms with Crippen molar-refractivity contribution in [3.8, 4) is 0 Å². The highest BCUT2D eigenvalue weighted by Gasteiger charge is 2.45. The summed E-state index contributed by atoms with van der Waals surface area (Å²) < 4.78 is 26.9. The van der Waals surface area contributed by atoms with Crippen LogP contribution in [0.25, 0.3) is 0 Å². The number of aliphatic hydroxyl groups is 1. The number of sulfonamides is 1. The van der Waals surface area contributed by atoms with Gasteiger partial charge in [0.05, 0.1) is 11.5 Å². The molecule has 1 heterocycles. The van der Waals surface area contributed by atoms with Crippen molar-refractivity contribution < 1.29 is 13.5 Å². The van der Waals surface area contributed by atoms with Gasteiger partial charge >= 0.3 is 0 Å². The second-order valence-corrected chi connectivity index (χ2v) is 8.61. The minimum absolute atomic E-state index is 0.114. The molecule has 102 valence electrons. The Labute approximate surface area is 112 Å². The Morgan fingerprint density at radius 1 is 1.56 bits per heavy atom. The van der Waals surface area contributed by atoms with Crippen LogP contribution in [0, 0.1) is 18.3 Å². The molecule has 0 aromatic carbocycles. The molecule has 4 nitrogen and oxygen atoms in total. The number of aryl methyl sites for hydroxylation is 1. The molecule has 2 rings (SSSR count). The molecule has 6 heteroatoms. The van der Waals surface area contributed by atoms with Gasteiger partial charge in [0.15, 0.2) is 0 Å². The zero-order chi connectivity index (χ0) is 13.6. The van der Waals surface area contributed by atoms with Gasteiger partial charge in [-0.1, -0.05) is 13.8 Å². The molecule has 0 aliphatic heterocycles. The minimum Gasteiger partial charge on any atom is -0.391 e. The van der Waals surface area contributed by atoms with Gasteiger partial charge in [0.25, 0.3) is 0 Å². The molecule has 1 unspecified atom stereocenters. The van der Waals surface area contributed by atoms with E-state index in [1.54, 1.807) is 13.0 Å². The highest BCUT2D eigenvalue weighted by atomic mass is 32.2. The molecule has 0 saturated heterocycles. The minimum atomic E-state index is -3.44. The highest BCUT2D eigenvalue weighted by Crippen LogP contribution is 2.51. The number of hydrogen-bond donors (Lipinski definition) is 2. The average molecular weight is 289 g/mol. The van der Waals surface area contributed by atoms with Gasteiger partial charge in [0, 0.05) is 16.3 Å². The van der Waals surface area contributed by atoms with Gasteiger partial charge in [-0.25, -0.2) is 13.1 Å². The Balaban J connectivity index is 2.08. The fourth-order valence-corrected chi connectivity index (χ4v) is 4.66. The Hall–Kier alpha value is -0.430. The van der Waals surface area contributed by atoms with Crippen LogP contribution < -0.4 is 4.72 Å². The molecular formula is C12H19NO3S2. The molecule has 1 aromatic rings. The lowest BCUT2D eigenvalue weighted by atomic mass is 10.1. The van der Waals surface area contributed by atoms with E-state index >= 15 is 0 Å². The number of nitrogens with one attached hydrogen (secondary N) is 1. The predicted octanol–water partition coefficient (Wildman–Crippen LogP) is 1.87. The average Bonchev–Trinajstić information content (AvgIpc) is 2.70. The summed E-state index contributed by atoms with van der Waals surface area (Å²) in [5.41, 5.74) is 0.266. The number of aliphatic hydroxyl groups excluding tert-OH is 1. The normalized spacial score (nSPS) is 22.1. The topological polar surface area (TPSA) is 66.4 Å². The summed E-state index contributed by atoms with van der Waals surface area (Å²) in [5, 5.41) is 9.03. The molecule has 0 radical (unpaired) electrons. The van der Waals surface area contributed by atoms with Crippen molar-refractivity contribution in [3.63, 3.8) is 0 Å². The van der Waals surface area contributed by atoms with Gasteiger partial charge in [-0.15, -0.1) is 11.3 Å². The van der Waals surface area contributed by atoms with Gasteiger partial charge in [-0.05, 0) is 30.7 Å². The van der Waals surface area contributed by atoms with Crippen molar-refractivity contribution in [2.24, 2.45) is 11.3 Å². The van der Waals surface area contributed by atoms with E-state index in [0.717, 1.165) is 11.3 Å². The smallest absolute Gasteiger partial charge is 0.241 e. The molecule has 0 amide bonds. The molecule has 1 aliphatic carbocycles. The van der Waals surface area contributed by atoms with Crippen LogP contribution in [0.4, 0.5) is 0 Å². The van der Waals surface area contributed by atoms with E-state index in [2.05, 4.69) is 18.6 Å². The lowest BCUT2D eigenvalue weighted by molar-refractivity contribution is 0.285. The Morgan fingerprint density at radius 2 is 2.17 bits per heavy atom. The lowest BCUT2D eigenvalue weighted by Crippen LogP contribution is -2.27. The number of hydrogen-bond acceptors (Lipinski definition) is 4. The third kappa shape index (κ3) is 2.77. The monoisotopic (exact) mass is 289 g/mol. The summed E-state index contributed by atoms with van der Waals surface area (Å²) in [6, 6.07) is 1.56. The van der Waals surface area contributed by atoms with Crippen molar-refractivity contribution in [2.45, 2.75) is 38.7 Å². The summed E-state index contributed by atoms with van der Waals surface area (Å²) in [6.45, 7) is 6.44. The van der Waals surface area contributed by atoms with Crippen LogP contribution in [0.2, 0.25) is 0 Å². The molecule has 1 atom stereocenters. The van der Waals surface area contributed by atoms with E-state index in [4.69, 9.17) is 5.11 Å². The highest BCUT2D eigenvalue weighted by molar-refractivity contribution is 7.89. The zero-order valence-electron chi connectivity index (χ0n) is 10.9. The van der Waals surface area contributed by atoms with Crippen LogP contribution in [-0.2, 0) is 16.6 Å². The van der Waals surface area contributed by atoms with E-state index < -0.39 is 10.0 Å². The van der Waals surface area contributed by atoms with Gasteiger partial charge in [0.2, 0.25) is 10.0 Å². The standard InChI is InChI=1S/C12H19NO3S2/c1-8-11(4-10(7-14)17-8)18(15,16)13-6-9-5-12(9,2)3/h4,9,13-14H,5-7H2,1-3H3. The number of thiophene rings is 1. The van der Waals surface area contributed by atoms with E-state index in [1.807, 2.05) is 0 Å². The first-order chi connectivity index (χ1) is 8.26. The lowest BCUT2D eigenvalue weighted by Gasteiger charge is -2.07. The Morgan fingerprint density at radius 3 is 2.61 bits per heavy atom. The predicted molar refractivity (Wildman–Crippen MR) is 72.1 cm³/mol. The first kappa shape index (κ1) is 14.0. The fourth-order valence-electron chi connectivity index (χ4n) is 2.08. The number of rotatable bonds is 5. The van der Waals surface area contributed by atoms with Gasteiger partial charge in [-0.2, -0.15) is 0 Å². The van der Waals surface area contributed by atoms with Crippen LogP contribution >= 0.6 is 11.3 Å². The summed E-state index contributed by atoms with van der Waals surface area (Å²) in [5.74, 6) is 0.434. The van der Waals surface area contributed by atoms with E-state index in [9.17, 15) is 8.42 Å². The fraction of sp³-hybridized carbons (Fsp3) is 0.667. The van der Waals surface area contributed by atoms with E-state index in [1.165, 1.54) is 11.3 Å². The van der Waals surface area contributed by atoms with Crippen molar-refractivity contribution in [1.29, 1.82) is 0 Å². The maximum absolute atomic E-state index is 12.1. The first-order valence-corrected chi connectivity index (χ1v) is 8.26. The van der Waals surface area contributed by atoms with Gasteiger partial charge in [0.1, 0.15) is 0 Å². The molecule has 1 aliphatic rings. The first-order valence-electron chi connectivity index (χ1n) is 5.96. The summed E-state index contributed by atoms with van der Waals surface area (Å²) in [7, 11) is -3.44. The molecule has 1 saturated carbocycles. The van der Waals surface area contributed by atoms with Crippen molar-refractivity contribution in [1.82, 2.24) is 4.72 Å². The van der Waals surface area contributed by atoms with Gasteiger partial charge < -0.3 is 5.11 Å². The summed E-state index contributed by atoms with van der Waals surface area (Å²) in [6.07, 6.45) is 1.07. The Bertz CT molecular complexity index is 546. The van der Waals surface area contributed by atoms with E-state index in [0.29, 0.717) is 22.2 Å². The quantitative estimate of drug-likeness (QED) is 0.869. The zero-order valence-corrected chi connectivity index (χ0v) is 12.5. The van der Waals surface area contributed by atoms with E-state index in [-0.39, 0.29) is 12.0 Å². The van der Waals surface area contributed by atoms with Crippen molar-refractivity contribution in [3.05, 3.63) is 15.8 Å². The SMILES string of the molecule is Cc1sc(CO)cc1S(=O)(=O)NCC1CC1(C)C. The summed E-state index contributed by atoms with van der Waals surface area (Å²) >= 11 is 1.32. The molecular weight excluding hydrogens is 270 g/mol. The maximum atomic E-state index is 12.1. The van der Waals surface area contributed by atoms with Crippen molar-refractivity contribution in [2.75, 3.05) is 6.54 Å². The summed E-state index contributed by atoms with van der Waals surface area (Å²) in [4.78, 5) is 1.70. The second kappa shape index (κ2) is 4.59. The molecule has 2 N–H and O–H groups in total. The second-order valence-electron chi connectivity index (χ2n) is 5.53. The van der Waals surface area contributed by atoms with Crippen LogP contribution in [0.5, 0.6) is 0 Å². The van der Waals surface area contributed by atoms with Crippen LogP contribution in [0.3, 0.4) is 0 Å². The third-order valence-corrected chi connectivity index (χ3v) is 6.32. The third-order valence-electron chi connectivity index (χ3n) is 3.61. The Kier molecular flexibility index (Phi) is 3.57. The molecule has 0 bridgehead atoms. The largest absolute Gasteiger partial charge is 0.391 e. The molecule has 0 spiro atoms.